The van der Waals surface area contributed by atoms with Gasteiger partial charge in [0.05, 0.1) is 4.92 Å². The van der Waals surface area contributed by atoms with Crippen LogP contribution >= 0.6 is 12.2 Å². The number of hydrogen-bond acceptors (Lipinski definition) is 6. The molecular formula is C12H10N4O4S. The molecule has 0 bridgehead atoms. The molecule has 0 aliphatic heterocycles. The molecule has 0 aliphatic carbocycles. The van der Waals surface area contributed by atoms with Crippen LogP contribution in [0.15, 0.2) is 28.0 Å². The monoisotopic (exact) mass is 306 g/mol. The summed E-state index contributed by atoms with van der Waals surface area (Å²) >= 11 is 4.69. The Bertz CT molecular complexity index is 853. The molecule has 9 heteroatoms. The predicted octanol–water partition coefficient (Wildman–Crippen LogP) is 2.11. The van der Waals surface area contributed by atoms with E-state index in [-0.39, 0.29) is 21.7 Å². The third-order valence-corrected chi connectivity index (χ3v) is 2.82. The lowest BCUT2D eigenvalue weighted by Gasteiger charge is -2.00. The van der Waals surface area contributed by atoms with Crippen molar-refractivity contribution in [2.45, 2.75) is 6.92 Å². The molecule has 0 saturated heterocycles. The van der Waals surface area contributed by atoms with Gasteiger partial charge in [-0.3, -0.25) is 19.9 Å². The van der Waals surface area contributed by atoms with Gasteiger partial charge < -0.3 is 10.1 Å². The van der Waals surface area contributed by atoms with Gasteiger partial charge in [-0.2, -0.15) is 0 Å². The zero-order valence-corrected chi connectivity index (χ0v) is 11.6. The van der Waals surface area contributed by atoms with Gasteiger partial charge in [-0.25, -0.2) is 4.99 Å². The fourth-order valence-corrected chi connectivity index (χ4v) is 1.82. The number of nitro benzene ring substituents is 1. The highest BCUT2D eigenvalue weighted by Gasteiger charge is 2.13. The molecule has 3 N–H and O–H groups in total. The molecule has 108 valence electrons. The van der Waals surface area contributed by atoms with E-state index in [1.807, 2.05) is 0 Å². The van der Waals surface area contributed by atoms with Gasteiger partial charge in [0.1, 0.15) is 11.3 Å². The van der Waals surface area contributed by atoms with Crippen molar-refractivity contribution in [1.82, 2.24) is 9.97 Å². The SMILES string of the molecule is Cc1ccc(N=Cc2c(O)[nH]c(=S)[nH]c2=O)c([N+](=O)[O-])c1. The fourth-order valence-electron chi connectivity index (χ4n) is 1.63. The van der Waals surface area contributed by atoms with E-state index in [4.69, 9.17) is 0 Å². The van der Waals surface area contributed by atoms with E-state index in [0.29, 0.717) is 5.56 Å². The predicted molar refractivity (Wildman–Crippen MR) is 79.0 cm³/mol. The lowest BCUT2D eigenvalue weighted by atomic mass is 10.2. The summed E-state index contributed by atoms with van der Waals surface area (Å²) in [6, 6.07) is 4.48. The number of nitrogens with one attached hydrogen (secondary N) is 2. The minimum atomic E-state index is -0.644. The molecule has 0 unspecified atom stereocenters. The molecule has 0 radical (unpaired) electrons. The summed E-state index contributed by atoms with van der Waals surface area (Å²) < 4.78 is -0.0315. The molecule has 1 aromatic carbocycles. The van der Waals surface area contributed by atoms with Crippen LogP contribution in [0, 0.1) is 21.8 Å². The van der Waals surface area contributed by atoms with Crippen molar-refractivity contribution in [1.29, 1.82) is 0 Å². The van der Waals surface area contributed by atoms with Crippen LogP contribution in [0.5, 0.6) is 5.88 Å². The summed E-state index contributed by atoms with van der Waals surface area (Å²) in [6.07, 6.45) is 1.04. The van der Waals surface area contributed by atoms with Gasteiger partial charge in [0.2, 0.25) is 5.88 Å². The van der Waals surface area contributed by atoms with Gasteiger partial charge in [-0.05, 0) is 30.8 Å². The van der Waals surface area contributed by atoms with Crippen LogP contribution in [0.2, 0.25) is 0 Å². The standard InChI is InChI=1S/C12H10N4O4S/c1-6-2-3-8(9(4-6)16(19)20)13-5-7-10(17)14-12(21)15-11(7)18/h2-5H,1H3,(H3,14,15,17,18,21). The number of aromatic nitrogens is 2. The molecule has 0 atom stereocenters. The average Bonchev–Trinajstić information content (AvgIpc) is 2.38. The number of aryl methyl sites for hydroxylation is 1. The van der Waals surface area contributed by atoms with Crippen LogP contribution in [0.3, 0.4) is 0 Å². The zero-order valence-electron chi connectivity index (χ0n) is 10.8. The zero-order chi connectivity index (χ0) is 15.6. The Kier molecular flexibility index (Phi) is 3.94. The summed E-state index contributed by atoms with van der Waals surface area (Å²) in [7, 11) is 0. The van der Waals surface area contributed by atoms with E-state index >= 15 is 0 Å². The minimum absolute atomic E-state index is 0.0315. The number of benzene rings is 1. The van der Waals surface area contributed by atoms with Crippen molar-refractivity contribution in [2.75, 3.05) is 0 Å². The summed E-state index contributed by atoms with van der Waals surface area (Å²) in [4.78, 5) is 30.5. The maximum absolute atomic E-state index is 11.6. The summed E-state index contributed by atoms with van der Waals surface area (Å²) in [6.45, 7) is 1.72. The Labute approximate surface area is 123 Å². The smallest absolute Gasteiger partial charge is 0.295 e. The van der Waals surface area contributed by atoms with Crippen LogP contribution < -0.4 is 5.56 Å². The van der Waals surface area contributed by atoms with Crippen LogP contribution in [0.4, 0.5) is 11.4 Å². The first-order chi connectivity index (χ1) is 9.88. The highest BCUT2D eigenvalue weighted by Crippen LogP contribution is 2.28. The average molecular weight is 306 g/mol. The molecular weight excluding hydrogens is 296 g/mol. The van der Waals surface area contributed by atoms with E-state index in [0.717, 1.165) is 6.21 Å². The van der Waals surface area contributed by atoms with Gasteiger partial charge in [-0.15, -0.1) is 0 Å². The number of hydrogen-bond donors (Lipinski definition) is 3. The van der Waals surface area contributed by atoms with Gasteiger partial charge in [0.15, 0.2) is 4.77 Å². The number of nitrogens with zero attached hydrogens (tertiary/aromatic N) is 2. The van der Waals surface area contributed by atoms with E-state index in [2.05, 4.69) is 27.2 Å². The van der Waals surface area contributed by atoms with Crippen molar-refractivity contribution >= 4 is 29.8 Å². The van der Waals surface area contributed by atoms with Crippen molar-refractivity contribution in [3.8, 4) is 5.88 Å². The van der Waals surface area contributed by atoms with Crippen molar-refractivity contribution in [3.63, 3.8) is 0 Å². The number of H-pyrrole nitrogens is 2. The second-order valence-electron chi connectivity index (χ2n) is 4.18. The maximum atomic E-state index is 11.6. The van der Waals surface area contributed by atoms with Gasteiger partial charge in [0, 0.05) is 12.3 Å². The topological polar surface area (TPSA) is 124 Å². The molecule has 1 heterocycles. The molecule has 0 amide bonds. The first-order valence-corrected chi connectivity index (χ1v) is 6.14. The van der Waals surface area contributed by atoms with Crippen molar-refractivity contribution in [2.24, 2.45) is 4.99 Å². The largest absolute Gasteiger partial charge is 0.494 e. The second-order valence-corrected chi connectivity index (χ2v) is 4.59. The third-order valence-electron chi connectivity index (χ3n) is 2.62. The number of aromatic amines is 2. The molecule has 1 aromatic heterocycles. The number of aliphatic imine (C=N–C) groups is 1. The highest BCUT2D eigenvalue weighted by atomic mass is 32.1. The molecule has 8 nitrogen and oxygen atoms in total. The van der Waals surface area contributed by atoms with Crippen LogP contribution in [-0.2, 0) is 0 Å². The van der Waals surface area contributed by atoms with Gasteiger partial charge in [-0.1, -0.05) is 6.07 Å². The molecule has 2 rings (SSSR count). The van der Waals surface area contributed by atoms with E-state index in [1.54, 1.807) is 13.0 Å². The Morgan fingerprint density at radius 1 is 1.43 bits per heavy atom. The Hall–Kier alpha value is -2.81. The van der Waals surface area contributed by atoms with Gasteiger partial charge in [0.25, 0.3) is 11.2 Å². The summed E-state index contributed by atoms with van der Waals surface area (Å²) in [5, 5.41) is 20.6. The van der Waals surface area contributed by atoms with Crippen LogP contribution in [-0.4, -0.2) is 26.2 Å². The lowest BCUT2D eigenvalue weighted by molar-refractivity contribution is -0.384. The molecule has 21 heavy (non-hydrogen) atoms. The number of aromatic hydroxyl groups is 1. The quantitative estimate of drug-likeness (QED) is 0.346. The van der Waals surface area contributed by atoms with Crippen LogP contribution in [0.25, 0.3) is 0 Å². The highest BCUT2D eigenvalue weighted by molar-refractivity contribution is 7.71. The number of rotatable bonds is 3. The maximum Gasteiger partial charge on any atom is 0.295 e. The van der Waals surface area contributed by atoms with Crippen LogP contribution in [0.1, 0.15) is 11.1 Å². The molecule has 0 fully saturated rings. The third kappa shape index (κ3) is 3.20. The van der Waals surface area contributed by atoms with Gasteiger partial charge >= 0.3 is 0 Å². The van der Waals surface area contributed by atoms with E-state index in [1.165, 1.54) is 12.1 Å². The van der Waals surface area contributed by atoms with Crippen molar-refractivity contribution in [3.05, 3.63) is 54.6 Å². The Morgan fingerprint density at radius 2 is 2.14 bits per heavy atom. The molecule has 0 spiro atoms. The second kappa shape index (κ2) is 5.67. The van der Waals surface area contributed by atoms with E-state index < -0.39 is 16.4 Å². The summed E-state index contributed by atoms with van der Waals surface area (Å²) in [5.74, 6) is -0.456. The minimum Gasteiger partial charge on any atom is -0.494 e. The molecule has 0 aliphatic rings. The number of nitro groups is 1. The summed E-state index contributed by atoms with van der Waals surface area (Å²) in [5.41, 5.74) is -0.212. The first-order valence-electron chi connectivity index (χ1n) is 5.73. The first kappa shape index (κ1) is 14.6. The fraction of sp³-hybridized carbons (Fsp3) is 0.0833. The van der Waals surface area contributed by atoms with Crippen molar-refractivity contribution < 1.29 is 10.0 Å². The van der Waals surface area contributed by atoms with E-state index in [9.17, 15) is 20.0 Å². The Balaban J connectivity index is 2.50. The Morgan fingerprint density at radius 3 is 2.76 bits per heavy atom. The normalized spacial score (nSPS) is 10.9. The molecule has 0 saturated carbocycles. The lowest BCUT2D eigenvalue weighted by Crippen LogP contribution is -2.13. The molecule has 2 aromatic rings.